The first kappa shape index (κ1) is 22.2. The second kappa shape index (κ2) is 9.41. The van der Waals surface area contributed by atoms with Crippen molar-refractivity contribution in [2.45, 2.75) is 33.0 Å². The maximum atomic E-state index is 13.5. The second-order valence-electron chi connectivity index (χ2n) is 6.67. The molecular weight excluding hydrogens is 384 g/mol. The summed E-state index contributed by atoms with van der Waals surface area (Å²) >= 11 is 0. The fraction of sp³-hybridized carbons (Fsp3) is 0.227. The molecule has 0 spiro atoms. The molecule has 0 aliphatic rings. The maximum Gasteiger partial charge on any atom is 0.416 e. The van der Waals surface area contributed by atoms with E-state index in [0.717, 1.165) is 23.5 Å². The Morgan fingerprint density at radius 3 is 2.31 bits per heavy atom. The molecule has 0 aliphatic heterocycles. The highest BCUT2D eigenvalue weighted by molar-refractivity contribution is 5.80. The van der Waals surface area contributed by atoms with Gasteiger partial charge in [0.2, 0.25) is 5.91 Å². The minimum absolute atomic E-state index is 0.0115. The molecule has 0 saturated heterocycles. The van der Waals surface area contributed by atoms with Crippen molar-refractivity contribution in [2.24, 2.45) is 0 Å². The fourth-order valence-corrected chi connectivity index (χ4v) is 2.76. The van der Waals surface area contributed by atoms with E-state index in [0.29, 0.717) is 17.2 Å². The van der Waals surface area contributed by atoms with E-state index in [1.165, 1.54) is 0 Å². The summed E-state index contributed by atoms with van der Waals surface area (Å²) < 4.78 is 51.9. The van der Waals surface area contributed by atoms with Crippen LogP contribution in [0.3, 0.4) is 0 Å². The summed E-state index contributed by atoms with van der Waals surface area (Å²) in [4.78, 5) is 12.3. The summed E-state index contributed by atoms with van der Waals surface area (Å²) in [5, 5.41) is 5.73. The Morgan fingerprint density at radius 2 is 1.72 bits per heavy atom. The quantitative estimate of drug-likeness (QED) is 0.450. The zero-order chi connectivity index (χ0) is 21.6. The summed E-state index contributed by atoms with van der Waals surface area (Å²) in [5.74, 6) is -1.41. The molecular formula is C22H22F4N2O. The highest BCUT2D eigenvalue weighted by Gasteiger charge is 2.31. The molecule has 1 amide bonds. The smallest absolute Gasteiger partial charge is 0.359 e. The van der Waals surface area contributed by atoms with Gasteiger partial charge in [0.15, 0.2) is 0 Å². The van der Waals surface area contributed by atoms with Crippen molar-refractivity contribution in [1.82, 2.24) is 5.32 Å². The second-order valence-corrected chi connectivity index (χ2v) is 6.67. The van der Waals surface area contributed by atoms with Gasteiger partial charge in [-0.3, -0.25) is 4.79 Å². The number of carbonyl (C=O) groups excluding carboxylic acids is 1. The van der Waals surface area contributed by atoms with Crippen LogP contribution >= 0.6 is 0 Å². The van der Waals surface area contributed by atoms with Gasteiger partial charge in [0.25, 0.3) is 0 Å². The SMILES string of the molecule is C=C(C)/C(CC(=O)NCc1cc(F)cc(C(F)(F)F)c1)=C(/C)Nc1ccccc1. The van der Waals surface area contributed by atoms with Crippen molar-refractivity contribution in [3.8, 4) is 0 Å². The van der Waals surface area contributed by atoms with Gasteiger partial charge in [-0.1, -0.05) is 30.4 Å². The van der Waals surface area contributed by atoms with E-state index in [4.69, 9.17) is 0 Å². The van der Waals surface area contributed by atoms with Crippen molar-refractivity contribution in [3.05, 3.63) is 88.9 Å². The van der Waals surface area contributed by atoms with Crippen molar-refractivity contribution in [3.63, 3.8) is 0 Å². The van der Waals surface area contributed by atoms with Gasteiger partial charge in [0.1, 0.15) is 5.82 Å². The highest BCUT2D eigenvalue weighted by Crippen LogP contribution is 2.30. The van der Waals surface area contributed by atoms with E-state index < -0.39 is 23.5 Å². The molecule has 0 atom stereocenters. The number of amides is 1. The monoisotopic (exact) mass is 406 g/mol. The lowest BCUT2D eigenvalue weighted by molar-refractivity contribution is -0.137. The van der Waals surface area contributed by atoms with E-state index in [-0.39, 0.29) is 18.5 Å². The lowest BCUT2D eigenvalue weighted by Crippen LogP contribution is -2.24. The Labute approximate surface area is 167 Å². The Morgan fingerprint density at radius 1 is 1.07 bits per heavy atom. The van der Waals surface area contributed by atoms with Gasteiger partial charge >= 0.3 is 6.18 Å². The zero-order valence-corrected chi connectivity index (χ0v) is 16.2. The Kier molecular flexibility index (Phi) is 7.20. The number of carbonyl (C=O) groups is 1. The summed E-state index contributed by atoms with van der Waals surface area (Å²) in [5.41, 5.74) is 1.90. The third-order valence-corrected chi connectivity index (χ3v) is 4.19. The molecule has 0 saturated carbocycles. The summed E-state index contributed by atoms with van der Waals surface area (Å²) in [6, 6.07) is 11.6. The van der Waals surface area contributed by atoms with Gasteiger partial charge in [0, 0.05) is 17.9 Å². The van der Waals surface area contributed by atoms with E-state index in [1.54, 1.807) is 6.92 Å². The number of rotatable bonds is 7. The topological polar surface area (TPSA) is 41.1 Å². The molecule has 0 radical (unpaired) electrons. The number of hydrogen-bond donors (Lipinski definition) is 2. The van der Waals surface area contributed by atoms with Crippen LogP contribution in [-0.2, 0) is 17.5 Å². The molecule has 2 N–H and O–H groups in total. The van der Waals surface area contributed by atoms with Gasteiger partial charge in [-0.2, -0.15) is 13.2 Å². The van der Waals surface area contributed by atoms with Crippen LogP contribution in [0.5, 0.6) is 0 Å². The minimum atomic E-state index is -4.66. The molecule has 0 unspecified atom stereocenters. The number of para-hydroxylation sites is 1. The predicted octanol–water partition coefficient (Wildman–Crippen LogP) is 5.81. The standard InChI is InChI=1S/C22H22F4N2O/c1-14(2)20(15(3)28-19-7-5-4-6-8-19)12-21(29)27-13-16-9-17(22(24,25)26)11-18(23)10-16/h4-11,28H,1,12-13H2,2-3H3,(H,27,29)/b20-15-. The van der Waals surface area contributed by atoms with Crippen LogP contribution in [-0.4, -0.2) is 5.91 Å². The van der Waals surface area contributed by atoms with Crippen LogP contribution in [0, 0.1) is 5.82 Å². The molecule has 7 heteroatoms. The van der Waals surface area contributed by atoms with Gasteiger partial charge in [-0.15, -0.1) is 0 Å². The van der Waals surface area contributed by atoms with Crippen molar-refractivity contribution in [2.75, 3.05) is 5.32 Å². The highest BCUT2D eigenvalue weighted by atomic mass is 19.4. The number of benzene rings is 2. The molecule has 154 valence electrons. The van der Waals surface area contributed by atoms with Crippen molar-refractivity contribution in [1.29, 1.82) is 0 Å². The van der Waals surface area contributed by atoms with E-state index >= 15 is 0 Å². The number of anilines is 1. The first-order chi connectivity index (χ1) is 13.6. The lowest BCUT2D eigenvalue weighted by atomic mass is 10.0. The average Bonchev–Trinajstić information content (AvgIpc) is 2.63. The van der Waals surface area contributed by atoms with Gasteiger partial charge < -0.3 is 10.6 Å². The Bertz CT molecular complexity index is 918. The first-order valence-corrected chi connectivity index (χ1v) is 8.87. The van der Waals surface area contributed by atoms with Crippen LogP contribution in [0.1, 0.15) is 31.4 Å². The van der Waals surface area contributed by atoms with Crippen LogP contribution in [0.4, 0.5) is 23.2 Å². The summed E-state index contributed by atoms with van der Waals surface area (Å²) in [6.45, 7) is 7.25. The molecule has 3 nitrogen and oxygen atoms in total. The Hall–Kier alpha value is -3.09. The molecule has 0 aromatic heterocycles. The third-order valence-electron chi connectivity index (χ3n) is 4.19. The summed E-state index contributed by atoms with van der Waals surface area (Å²) in [7, 11) is 0. The molecule has 0 aliphatic carbocycles. The first-order valence-electron chi connectivity index (χ1n) is 8.87. The molecule has 2 aromatic rings. The van der Waals surface area contributed by atoms with Crippen LogP contribution in [0.15, 0.2) is 72.0 Å². The van der Waals surface area contributed by atoms with Crippen LogP contribution < -0.4 is 10.6 Å². The van der Waals surface area contributed by atoms with Crippen LogP contribution in [0.2, 0.25) is 0 Å². The predicted molar refractivity (Wildman–Crippen MR) is 105 cm³/mol. The molecule has 2 aromatic carbocycles. The maximum absolute atomic E-state index is 13.5. The number of alkyl halides is 3. The van der Waals surface area contributed by atoms with Crippen LogP contribution in [0.25, 0.3) is 0 Å². The van der Waals surface area contributed by atoms with Gasteiger partial charge in [-0.05, 0) is 55.3 Å². The normalized spacial score (nSPS) is 12.2. The van der Waals surface area contributed by atoms with E-state index in [1.807, 2.05) is 37.3 Å². The number of allylic oxidation sites excluding steroid dienone is 2. The fourth-order valence-electron chi connectivity index (χ4n) is 2.76. The average molecular weight is 406 g/mol. The number of hydrogen-bond acceptors (Lipinski definition) is 2. The van der Waals surface area contributed by atoms with E-state index in [9.17, 15) is 22.4 Å². The Balaban J connectivity index is 2.07. The number of nitrogens with one attached hydrogen (secondary N) is 2. The van der Waals surface area contributed by atoms with Gasteiger partial charge in [0.05, 0.1) is 12.0 Å². The van der Waals surface area contributed by atoms with Gasteiger partial charge in [-0.25, -0.2) is 4.39 Å². The van der Waals surface area contributed by atoms with E-state index in [2.05, 4.69) is 17.2 Å². The largest absolute Gasteiger partial charge is 0.416 e. The lowest BCUT2D eigenvalue weighted by Gasteiger charge is -2.15. The zero-order valence-electron chi connectivity index (χ0n) is 16.2. The number of halogens is 4. The van der Waals surface area contributed by atoms with Crippen molar-refractivity contribution >= 4 is 11.6 Å². The minimum Gasteiger partial charge on any atom is -0.359 e. The molecule has 0 bridgehead atoms. The summed E-state index contributed by atoms with van der Waals surface area (Å²) in [6.07, 6.45) is -4.67. The molecule has 2 rings (SSSR count). The van der Waals surface area contributed by atoms with Crippen molar-refractivity contribution < 1.29 is 22.4 Å². The molecule has 29 heavy (non-hydrogen) atoms. The third kappa shape index (κ3) is 6.78. The molecule has 0 heterocycles. The molecule has 0 fully saturated rings.